The van der Waals surface area contributed by atoms with Crippen molar-refractivity contribution in [3.63, 3.8) is 0 Å². The van der Waals surface area contributed by atoms with Crippen molar-refractivity contribution < 1.29 is 4.74 Å². The second kappa shape index (κ2) is 6.98. The van der Waals surface area contributed by atoms with E-state index in [2.05, 4.69) is 34.4 Å². The highest BCUT2D eigenvalue weighted by Crippen LogP contribution is 2.12. The molecule has 1 saturated heterocycles. The van der Waals surface area contributed by atoms with Crippen LogP contribution in [0.5, 0.6) is 0 Å². The third-order valence-electron chi connectivity index (χ3n) is 3.62. The van der Waals surface area contributed by atoms with Crippen molar-refractivity contribution in [2.24, 2.45) is 7.05 Å². The van der Waals surface area contributed by atoms with E-state index in [9.17, 15) is 0 Å². The Labute approximate surface area is 115 Å². The third kappa shape index (κ3) is 3.99. The molecule has 108 valence electrons. The van der Waals surface area contributed by atoms with Crippen LogP contribution in [0.15, 0.2) is 6.20 Å². The molecule has 1 aromatic rings. The number of rotatable bonds is 6. The number of hydrogen-bond donors (Lipinski definition) is 1. The van der Waals surface area contributed by atoms with Crippen LogP contribution < -0.4 is 5.32 Å². The summed E-state index contributed by atoms with van der Waals surface area (Å²) in [7, 11) is 1.90. The Bertz CT molecular complexity index is 381. The molecule has 0 radical (unpaired) electrons. The maximum Gasteiger partial charge on any atom is 0.0859 e. The predicted molar refractivity (Wildman–Crippen MR) is 74.0 cm³/mol. The van der Waals surface area contributed by atoms with Crippen molar-refractivity contribution in [3.05, 3.63) is 11.9 Å². The quantitative estimate of drug-likeness (QED) is 0.790. The number of nitrogens with zero attached hydrogens (tertiary/aromatic N) is 4. The molecule has 0 amide bonds. The van der Waals surface area contributed by atoms with Crippen LogP contribution in [-0.4, -0.2) is 64.8 Å². The first kappa shape index (κ1) is 14.4. The van der Waals surface area contributed by atoms with E-state index in [0.717, 1.165) is 44.9 Å². The lowest BCUT2D eigenvalue weighted by atomic mass is 10.0. The molecule has 1 fully saturated rings. The normalized spacial score (nSPS) is 22.6. The van der Waals surface area contributed by atoms with Crippen LogP contribution >= 0.6 is 0 Å². The van der Waals surface area contributed by atoms with Crippen LogP contribution in [0.4, 0.5) is 0 Å². The first-order valence-electron chi connectivity index (χ1n) is 7.15. The van der Waals surface area contributed by atoms with E-state index in [4.69, 9.17) is 4.74 Å². The topological polar surface area (TPSA) is 55.2 Å². The first-order chi connectivity index (χ1) is 9.22. The molecule has 1 aliphatic rings. The van der Waals surface area contributed by atoms with E-state index >= 15 is 0 Å². The minimum atomic E-state index is 0.232. The molecule has 1 aliphatic heterocycles. The van der Waals surface area contributed by atoms with Crippen LogP contribution in [-0.2, 0) is 18.2 Å². The summed E-state index contributed by atoms with van der Waals surface area (Å²) in [5.74, 6) is 0. The van der Waals surface area contributed by atoms with E-state index in [-0.39, 0.29) is 6.10 Å². The van der Waals surface area contributed by atoms with Crippen molar-refractivity contribution in [3.8, 4) is 0 Å². The van der Waals surface area contributed by atoms with Crippen LogP contribution in [0, 0.1) is 0 Å². The van der Waals surface area contributed by atoms with Crippen LogP contribution in [0.3, 0.4) is 0 Å². The molecule has 2 unspecified atom stereocenters. The first-order valence-corrected chi connectivity index (χ1v) is 7.15. The van der Waals surface area contributed by atoms with Crippen LogP contribution in [0.1, 0.15) is 19.5 Å². The molecular formula is C13H25N5O. The third-order valence-corrected chi connectivity index (χ3v) is 3.62. The molecule has 6 heteroatoms. The summed E-state index contributed by atoms with van der Waals surface area (Å²) in [6.07, 6.45) is 3.07. The van der Waals surface area contributed by atoms with E-state index in [1.165, 1.54) is 0 Å². The summed E-state index contributed by atoms with van der Waals surface area (Å²) in [5.41, 5.74) is 1.02. The number of hydrogen-bond acceptors (Lipinski definition) is 5. The van der Waals surface area contributed by atoms with Gasteiger partial charge in [0.05, 0.1) is 18.4 Å². The molecule has 0 saturated carbocycles. The minimum absolute atomic E-state index is 0.232. The highest BCUT2D eigenvalue weighted by molar-refractivity contribution is 4.98. The highest BCUT2D eigenvalue weighted by atomic mass is 16.5. The van der Waals surface area contributed by atoms with Crippen molar-refractivity contribution >= 4 is 0 Å². The average Bonchev–Trinajstić information content (AvgIpc) is 2.84. The van der Waals surface area contributed by atoms with Gasteiger partial charge in [-0.05, 0) is 13.1 Å². The van der Waals surface area contributed by atoms with Crippen molar-refractivity contribution in [1.29, 1.82) is 0 Å². The number of morpholine rings is 1. The highest BCUT2D eigenvalue weighted by Gasteiger charge is 2.27. The van der Waals surface area contributed by atoms with Crippen molar-refractivity contribution in [2.75, 3.05) is 32.8 Å². The Balaban J connectivity index is 1.98. The fourth-order valence-electron chi connectivity index (χ4n) is 2.57. The fraction of sp³-hybridized carbons (Fsp3) is 0.846. The molecule has 1 aromatic heterocycles. The van der Waals surface area contributed by atoms with Gasteiger partial charge < -0.3 is 10.1 Å². The minimum Gasteiger partial charge on any atom is -0.374 e. The molecular weight excluding hydrogens is 242 g/mol. The predicted octanol–water partition coefficient (Wildman–Crippen LogP) is 0.0564. The molecule has 0 aromatic carbocycles. The molecule has 0 aliphatic carbocycles. The maximum atomic E-state index is 5.94. The zero-order chi connectivity index (χ0) is 13.7. The molecule has 2 heterocycles. The largest absolute Gasteiger partial charge is 0.374 e. The van der Waals surface area contributed by atoms with Crippen LogP contribution in [0.25, 0.3) is 0 Å². The molecule has 6 nitrogen and oxygen atoms in total. The van der Waals surface area contributed by atoms with Gasteiger partial charge in [0, 0.05) is 38.8 Å². The molecule has 2 atom stereocenters. The Hall–Kier alpha value is -0.980. The Morgan fingerprint density at radius 3 is 3.00 bits per heavy atom. The Kier molecular flexibility index (Phi) is 5.30. The zero-order valence-electron chi connectivity index (χ0n) is 12.2. The smallest absolute Gasteiger partial charge is 0.0859 e. The van der Waals surface area contributed by atoms with E-state index in [0.29, 0.717) is 6.04 Å². The SMILES string of the molecule is CCNC(Cc1cn(C)nn1)C1CN(CC)CCO1. The summed E-state index contributed by atoms with van der Waals surface area (Å²) in [6.45, 7) is 9.21. The average molecular weight is 267 g/mol. The van der Waals surface area contributed by atoms with Crippen molar-refractivity contribution in [1.82, 2.24) is 25.2 Å². The number of ether oxygens (including phenoxy) is 1. The van der Waals surface area contributed by atoms with E-state index in [1.54, 1.807) is 4.68 Å². The van der Waals surface area contributed by atoms with Crippen molar-refractivity contribution in [2.45, 2.75) is 32.4 Å². The fourth-order valence-corrected chi connectivity index (χ4v) is 2.57. The van der Waals surface area contributed by atoms with Gasteiger partial charge >= 0.3 is 0 Å². The number of likely N-dealkylation sites (N-methyl/N-ethyl adjacent to an activating group) is 2. The van der Waals surface area contributed by atoms with Gasteiger partial charge in [-0.3, -0.25) is 9.58 Å². The summed E-state index contributed by atoms with van der Waals surface area (Å²) >= 11 is 0. The zero-order valence-corrected chi connectivity index (χ0v) is 12.2. The molecule has 0 bridgehead atoms. The van der Waals surface area contributed by atoms with Gasteiger partial charge in [0.1, 0.15) is 0 Å². The van der Waals surface area contributed by atoms with Gasteiger partial charge in [0.15, 0.2) is 0 Å². The van der Waals surface area contributed by atoms with E-state index < -0.39 is 0 Å². The number of nitrogens with one attached hydrogen (secondary N) is 1. The lowest BCUT2D eigenvalue weighted by molar-refractivity contribution is -0.0446. The monoisotopic (exact) mass is 267 g/mol. The second-order valence-electron chi connectivity index (χ2n) is 5.05. The van der Waals surface area contributed by atoms with Gasteiger partial charge in [0.25, 0.3) is 0 Å². The number of aryl methyl sites for hydroxylation is 1. The second-order valence-corrected chi connectivity index (χ2v) is 5.05. The standard InChI is InChI=1S/C13H25N5O/c1-4-14-12(8-11-9-17(3)16-15-11)13-10-18(5-2)6-7-19-13/h9,12-14H,4-8,10H2,1-3H3. The van der Waals surface area contributed by atoms with Gasteiger partial charge in [-0.2, -0.15) is 0 Å². The van der Waals surface area contributed by atoms with Gasteiger partial charge in [-0.1, -0.05) is 19.1 Å². The summed E-state index contributed by atoms with van der Waals surface area (Å²) < 4.78 is 7.69. The Morgan fingerprint density at radius 1 is 1.53 bits per heavy atom. The number of aromatic nitrogens is 3. The molecule has 19 heavy (non-hydrogen) atoms. The Morgan fingerprint density at radius 2 is 2.37 bits per heavy atom. The van der Waals surface area contributed by atoms with Crippen LogP contribution in [0.2, 0.25) is 0 Å². The summed E-state index contributed by atoms with van der Waals surface area (Å²) in [5, 5.41) is 11.7. The van der Waals surface area contributed by atoms with Gasteiger partial charge in [-0.15, -0.1) is 5.10 Å². The molecule has 2 rings (SSSR count). The molecule has 1 N–H and O–H groups in total. The lowest BCUT2D eigenvalue weighted by Crippen LogP contribution is -2.53. The lowest BCUT2D eigenvalue weighted by Gasteiger charge is -2.36. The van der Waals surface area contributed by atoms with E-state index in [1.807, 2.05) is 13.2 Å². The summed E-state index contributed by atoms with van der Waals surface area (Å²) in [4.78, 5) is 2.44. The summed E-state index contributed by atoms with van der Waals surface area (Å²) in [6, 6.07) is 0.302. The molecule has 0 spiro atoms. The van der Waals surface area contributed by atoms with Gasteiger partial charge in [-0.25, -0.2) is 0 Å². The van der Waals surface area contributed by atoms with Gasteiger partial charge in [0.2, 0.25) is 0 Å². The maximum absolute atomic E-state index is 5.94.